The number of benzene rings is 1. The van der Waals surface area contributed by atoms with Gasteiger partial charge in [-0.25, -0.2) is 4.79 Å². The Morgan fingerprint density at radius 1 is 1.43 bits per heavy atom. The smallest absolute Gasteiger partial charge is 0.379 e. The molecule has 14 heavy (non-hydrogen) atoms. The third-order valence-corrected chi connectivity index (χ3v) is 2.01. The van der Waals surface area contributed by atoms with Gasteiger partial charge in [-0.15, -0.1) is 0 Å². The zero-order chi connectivity index (χ0) is 10.8. The average Bonchev–Trinajstić information content (AvgIpc) is 2.17. The average molecular weight is 200 g/mol. The molecule has 0 saturated heterocycles. The molecule has 1 rings (SSSR count). The maximum absolute atomic E-state index is 13.1. The Bertz CT molecular complexity index is 348. The van der Waals surface area contributed by atoms with Crippen LogP contribution in [0.2, 0.25) is 0 Å². The minimum Gasteiger partial charge on any atom is -0.477 e. The van der Waals surface area contributed by atoms with Gasteiger partial charge in [0.15, 0.2) is 0 Å². The van der Waals surface area contributed by atoms with Crippen LogP contribution in [0.3, 0.4) is 0 Å². The molecule has 0 spiro atoms. The van der Waals surface area contributed by atoms with Crippen molar-refractivity contribution < 1.29 is 18.7 Å². The fourth-order valence-corrected chi connectivity index (χ4v) is 1.25. The predicted octanol–water partition coefficient (Wildman–Crippen LogP) is 2.43. The summed E-state index contributed by atoms with van der Waals surface area (Å²) >= 11 is 0. The second kappa shape index (κ2) is 3.74. The third kappa shape index (κ3) is 1.73. The highest BCUT2D eigenvalue weighted by Crippen LogP contribution is 2.30. The first-order valence-electron chi connectivity index (χ1n) is 4.19. The Balaban J connectivity index is 3.24. The van der Waals surface area contributed by atoms with Crippen molar-refractivity contribution in [2.45, 2.75) is 19.3 Å². The zero-order valence-corrected chi connectivity index (χ0v) is 7.63. The van der Waals surface area contributed by atoms with Gasteiger partial charge in [0.1, 0.15) is 0 Å². The Kier molecular flexibility index (Phi) is 2.84. The van der Waals surface area contributed by atoms with E-state index in [0.29, 0.717) is 12.0 Å². The highest BCUT2D eigenvalue weighted by molar-refractivity contribution is 5.77. The van der Waals surface area contributed by atoms with Gasteiger partial charge in [0.2, 0.25) is 0 Å². The predicted molar refractivity (Wildman–Crippen MR) is 47.3 cm³/mol. The summed E-state index contributed by atoms with van der Waals surface area (Å²) < 4.78 is 26.3. The normalized spacial score (nSPS) is 11.4. The van der Waals surface area contributed by atoms with Gasteiger partial charge in [0, 0.05) is 5.56 Å². The summed E-state index contributed by atoms with van der Waals surface area (Å²) in [6, 6.07) is 5.67. The fraction of sp³-hybridized carbons (Fsp3) is 0.300. The van der Waals surface area contributed by atoms with Crippen molar-refractivity contribution in [1.82, 2.24) is 0 Å². The van der Waals surface area contributed by atoms with Crippen LogP contribution < -0.4 is 0 Å². The van der Waals surface area contributed by atoms with Gasteiger partial charge in [-0.1, -0.05) is 31.2 Å². The standard InChI is InChI=1S/C10H10F2O2/c1-2-7-5-3-4-6-8(7)10(11,12)9(13)14/h3-6H,2H2,1H3,(H,13,14). The summed E-state index contributed by atoms with van der Waals surface area (Å²) in [6.07, 6.45) is 0.388. The van der Waals surface area contributed by atoms with Gasteiger partial charge in [-0.05, 0) is 12.0 Å². The van der Waals surface area contributed by atoms with Crippen LogP contribution in [0.25, 0.3) is 0 Å². The van der Waals surface area contributed by atoms with E-state index >= 15 is 0 Å². The first-order valence-corrected chi connectivity index (χ1v) is 4.19. The number of hydrogen-bond donors (Lipinski definition) is 1. The van der Waals surface area contributed by atoms with Crippen molar-refractivity contribution in [1.29, 1.82) is 0 Å². The number of hydrogen-bond acceptors (Lipinski definition) is 1. The molecule has 0 radical (unpaired) electrons. The molecule has 0 bridgehead atoms. The van der Waals surface area contributed by atoms with E-state index in [1.807, 2.05) is 0 Å². The van der Waals surface area contributed by atoms with E-state index in [1.165, 1.54) is 12.1 Å². The van der Waals surface area contributed by atoms with Crippen molar-refractivity contribution in [3.05, 3.63) is 35.4 Å². The number of carboxylic acid groups (broad SMARTS) is 1. The molecule has 0 unspecified atom stereocenters. The Morgan fingerprint density at radius 3 is 2.50 bits per heavy atom. The molecule has 0 aromatic heterocycles. The van der Waals surface area contributed by atoms with Gasteiger partial charge in [0.05, 0.1) is 0 Å². The molecule has 0 heterocycles. The monoisotopic (exact) mass is 200 g/mol. The van der Waals surface area contributed by atoms with Gasteiger partial charge in [0.25, 0.3) is 0 Å². The van der Waals surface area contributed by atoms with Gasteiger partial charge < -0.3 is 5.11 Å². The number of halogens is 2. The number of aryl methyl sites for hydroxylation is 1. The van der Waals surface area contributed by atoms with Crippen LogP contribution in [0.4, 0.5) is 8.78 Å². The first-order chi connectivity index (χ1) is 6.50. The molecule has 4 heteroatoms. The van der Waals surface area contributed by atoms with Crippen molar-refractivity contribution in [2.75, 3.05) is 0 Å². The number of rotatable bonds is 3. The summed E-state index contributed by atoms with van der Waals surface area (Å²) in [6.45, 7) is 1.71. The molecule has 1 aromatic carbocycles. The molecule has 2 nitrogen and oxygen atoms in total. The molecule has 0 fully saturated rings. The number of alkyl halides is 2. The Hall–Kier alpha value is -1.45. The fourth-order valence-electron chi connectivity index (χ4n) is 1.25. The molecular formula is C10H10F2O2. The SMILES string of the molecule is CCc1ccccc1C(F)(F)C(=O)O. The minimum absolute atomic E-state index is 0.361. The quantitative estimate of drug-likeness (QED) is 0.813. The second-order valence-electron chi connectivity index (χ2n) is 2.89. The highest BCUT2D eigenvalue weighted by Gasteiger charge is 2.42. The van der Waals surface area contributed by atoms with Crippen LogP contribution in [0, 0.1) is 0 Å². The first kappa shape index (κ1) is 10.6. The Labute approximate surface area is 80.2 Å². The summed E-state index contributed by atoms with van der Waals surface area (Å²) in [4.78, 5) is 10.3. The maximum atomic E-state index is 13.1. The van der Waals surface area contributed by atoms with E-state index in [9.17, 15) is 13.6 Å². The number of carbonyl (C=O) groups is 1. The molecule has 0 atom stereocenters. The molecule has 1 aromatic rings. The molecular weight excluding hydrogens is 190 g/mol. The van der Waals surface area contributed by atoms with E-state index < -0.39 is 17.5 Å². The van der Waals surface area contributed by atoms with E-state index in [1.54, 1.807) is 13.0 Å². The largest absolute Gasteiger partial charge is 0.477 e. The summed E-state index contributed by atoms with van der Waals surface area (Å²) in [5, 5.41) is 8.36. The molecule has 0 aliphatic rings. The lowest BCUT2D eigenvalue weighted by atomic mass is 10.00. The van der Waals surface area contributed by atoms with Crippen LogP contribution in [0.1, 0.15) is 18.1 Å². The lowest BCUT2D eigenvalue weighted by Gasteiger charge is -2.14. The van der Waals surface area contributed by atoms with Crippen molar-refractivity contribution >= 4 is 5.97 Å². The number of aliphatic carboxylic acids is 1. The summed E-state index contributed by atoms with van der Waals surface area (Å²) in [7, 11) is 0. The Morgan fingerprint density at radius 2 is 2.00 bits per heavy atom. The highest BCUT2D eigenvalue weighted by atomic mass is 19.3. The van der Waals surface area contributed by atoms with Crippen LogP contribution in [0.5, 0.6) is 0 Å². The third-order valence-electron chi connectivity index (χ3n) is 2.01. The summed E-state index contributed by atoms with van der Waals surface area (Å²) in [5.74, 6) is -5.91. The van der Waals surface area contributed by atoms with Crippen LogP contribution >= 0.6 is 0 Å². The molecule has 0 saturated carbocycles. The van der Waals surface area contributed by atoms with Gasteiger partial charge in [-0.2, -0.15) is 8.78 Å². The van der Waals surface area contributed by atoms with Crippen molar-refractivity contribution in [3.8, 4) is 0 Å². The van der Waals surface area contributed by atoms with Crippen LogP contribution in [0.15, 0.2) is 24.3 Å². The number of carboxylic acids is 1. The molecule has 0 amide bonds. The van der Waals surface area contributed by atoms with Crippen LogP contribution in [-0.2, 0) is 17.1 Å². The second-order valence-corrected chi connectivity index (χ2v) is 2.89. The lowest BCUT2D eigenvalue weighted by Crippen LogP contribution is -2.26. The molecule has 0 aliphatic heterocycles. The van der Waals surface area contributed by atoms with Gasteiger partial charge in [-0.3, -0.25) is 0 Å². The topological polar surface area (TPSA) is 37.3 Å². The minimum atomic E-state index is -3.80. The maximum Gasteiger partial charge on any atom is 0.379 e. The van der Waals surface area contributed by atoms with E-state index in [4.69, 9.17) is 5.11 Å². The zero-order valence-electron chi connectivity index (χ0n) is 7.63. The lowest BCUT2D eigenvalue weighted by molar-refractivity contribution is -0.166. The van der Waals surface area contributed by atoms with Gasteiger partial charge >= 0.3 is 11.9 Å². The van der Waals surface area contributed by atoms with Crippen molar-refractivity contribution in [3.63, 3.8) is 0 Å². The summed E-state index contributed by atoms with van der Waals surface area (Å²) in [5.41, 5.74) is -0.0603. The van der Waals surface area contributed by atoms with E-state index in [-0.39, 0.29) is 0 Å². The van der Waals surface area contributed by atoms with E-state index in [0.717, 1.165) is 6.07 Å². The van der Waals surface area contributed by atoms with Crippen LogP contribution in [-0.4, -0.2) is 11.1 Å². The van der Waals surface area contributed by atoms with E-state index in [2.05, 4.69) is 0 Å². The molecule has 1 N–H and O–H groups in total. The van der Waals surface area contributed by atoms with Crippen molar-refractivity contribution in [2.24, 2.45) is 0 Å². The molecule has 0 aliphatic carbocycles. The molecule has 76 valence electrons.